The van der Waals surface area contributed by atoms with Gasteiger partial charge in [0.1, 0.15) is 17.6 Å². The van der Waals surface area contributed by atoms with E-state index in [0.29, 0.717) is 12.0 Å². The van der Waals surface area contributed by atoms with E-state index in [-0.39, 0.29) is 11.7 Å². The van der Waals surface area contributed by atoms with Gasteiger partial charge in [-0.1, -0.05) is 18.2 Å². The summed E-state index contributed by atoms with van der Waals surface area (Å²) in [7, 11) is 0. The number of fused-ring (bicyclic) bond motifs is 1. The maximum absolute atomic E-state index is 12.4. The molecule has 5 heteroatoms. The van der Waals surface area contributed by atoms with E-state index in [2.05, 4.69) is 11.4 Å². The van der Waals surface area contributed by atoms with Crippen molar-refractivity contribution in [1.82, 2.24) is 5.32 Å². The predicted octanol–water partition coefficient (Wildman–Crippen LogP) is 2.41. The second-order valence-electron chi connectivity index (χ2n) is 5.73. The summed E-state index contributed by atoms with van der Waals surface area (Å²) < 4.78 is 5.84. The predicted molar refractivity (Wildman–Crippen MR) is 84.2 cm³/mol. The minimum absolute atomic E-state index is 0.0826. The highest BCUT2D eigenvalue weighted by molar-refractivity contribution is 5.95. The van der Waals surface area contributed by atoms with Crippen LogP contribution in [0.2, 0.25) is 0 Å². The lowest BCUT2D eigenvalue weighted by atomic mass is 9.92. The molecule has 23 heavy (non-hydrogen) atoms. The second kappa shape index (κ2) is 5.65. The number of hydrogen-bond acceptors (Lipinski definition) is 4. The summed E-state index contributed by atoms with van der Waals surface area (Å²) in [6.07, 6.45) is 0.113. The molecule has 0 fully saturated rings. The average molecular weight is 308 g/mol. The largest absolute Gasteiger partial charge is 0.508 e. The number of aromatic hydroxyl groups is 1. The van der Waals surface area contributed by atoms with Gasteiger partial charge in [0, 0.05) is 12.0 Å². The van der Waals surface area contributed by atoms with Crippen molar-refractivity contribution < 1.29 is 14.6 Å². The van der Waals surface area contributed by atoms with Crippen LogP contribution < -0.4 is 10.1 Å². The normalized spacial score (nSPS) is 18.2. The van der Waals surface area contributed by atoms with Crippen LogP contribution in [0.1, 0.15) is 22.8 Å². The molecule has 0 aliphatic carbocycles. The topological polar surface area (TPSA) is 82.4 Å². The molecule has 5 nitrogen and oxygen atoms in total. The van der Waals surface area contributed by atoms with Crippen molar-refractivity contribution in [3.63, 3.8) is 0 Å². The number of rotatable bonds is 3. The number of nitrogens with one attached hydrogen (secondary N) is 1. The van der Waals surface area contributed by atoms with Gasteiger partial charge in [-0.3, -0.25) is 4.79 Å². The minimum Gasteiger partial charge on any atom is -0.508 e. The highest BCUT2D eigenvalue weighted by Crippen LogP contribution is 2.32. The Morgan fingerprint density at radius 3 is 2.65 bits per heavy atom. The molecule has 3 rings (SSSR count). The summed E-state index contributed by atoms with van der Waals surface area (Å²) in [4.78, 5) is 12.4. The van der Waals surface area contributed by atoms with E-state index in [0.717, 1.165) is 11.3 Å². The number of carbonyl (C=O) groups excluding carboxylic acids is 1. The molecule has 0 aromatic heterocycles. The Morgan fingerprint density at radius 1 is 1.30 bits per heavy atom. The third-order valence-electron chi connectivity index (χ3n) is 4.03. The standard InChI is InChI=1S/C18H16N2O3/c1-18(11-19,16-10-13-4-2-3-5-15(13)23-16)20-17(22)12-6-8-14(21)9-7-12/h2-9,16,21H,10H2,1H3,(H,20,22). The van der Waals surface area contributed by atoms with Gasteiger partial charge in [-0.05, 0) is 42.8 Å². The molecule has 0 saturated carbocycles. The fourth-order valence-corrected chi connectivity index (χ4v) is 2.61. The molecule has 0 bridgehead atoms. The second-order valence-corrected chi connectivity index (χ2v) is 5.73. The average Bonchev–Trinajstić information content (AvgIpc) is 3.00. The van der Waals surface area contributed by atoms with Crippen LogP contribution in [-0.2, 0) is 6.42 Å². The first-order valence-corrected chi connectivity index (χ1v) is 7.29. The van der Waals surface area contributed by atoms with Crippen LogP contribution in [0.5, 0.6) is 11.5 Å². The maximum atomic E-state index is 12.4. The smallest absolute Gasteiger partial charge is 0.252 e. The van der Waals surface area contributed by atoms with Crippen LogP contribution in [0.25, 0.3) is 0 Å². The van der Waals surface area contributed by atoms with Crippen molar-refractivity contribution in [2.24, 2.45) is 0 Å². The van der Waals surface area contributed by atoms with Gasteiger partial charge >= 0.3 is 0 Å². The lowest BCUT2D eigenvalue weighted by molar-refractivity contribution is 0.0841. The summed E-state index contributed by atoms with van der Waals surface area (Å²) in [5.74, 6) is 0.450. The Morgan fingerprint density at radius 2 is 2.00 bits per heavy atom. The third-order valence-corrected chi connectivity index (χ3v) is 4.03. The molecule has 2 atom stereocenters. The fourth-order valence-electron chi connectivity index (χ4n) is 2.61. The Balaban J connectivity index is 1.78. The monoisotopic (exact) mass is 308 g/mol. The van der Waals surface area contributed by atoms with Crippen LogP contribution in [-0.4, -0.2) is 22.7 Å². The summed E-state index contributed by atoms with van der Waals surface area (Å²) in [6.45, 7) is 1.65. The molecule has 2 unspecified atom stereocenters. The maximum Gasteiger partial charge on any atom is 0.252 e. The highest BCUT2D eigenvalue weighted by Gasteiger charge is 2.41. The van der Waals surface area contributed by atoms with E-state index in [4.69, 9.17) is 4.74 Å². The molecule has 1 aliphatic rings. The number of nitriles is 1. The molecule has 2 aromatic carbocycles. The Hall–Kier alpha value is -3.00. The van der Waals surface area contributed by atoms with E-state index >= 15 is 0 Å². The number of phenols is 1. The Labute approximate surface area is 134 Å². The summed E-state index contributed by atoms with van der Waals surface area (Å²) in [6, 6.07) is 15.6. The minimum atomic E-state index is -1.16. The van der Waals surface area contributed by atoms with Crippen LogP contribution in [0.3, 0.4) is 0 Å². The zero-order valence-electron chi connectivity index (χ0n) is 12.6. The van der Waals surface area contributed by atoms with Gasteiger partial charge in [-0.25, -0.2) is 0 Å². The van der Waals surface area contributed by atoms with Crippen molar-refractivity contribution in [3.05, 3.63) is 59.7 Å². The van der Waals surface area contributed by atoms with Crippen molar-refractivity contribution in [2.45, 2.75) is 25.0 Å². The van der Waals surface area contributed by atoms with Crippen molar-refractivity contribution in [3.8, 4) is 17.6 Å². The first kappa shape index (κ1) is 14.9. The van der Waals surface area contributed by atoms with E-state index < -0.39 is 11.6 Å². The van der Waals surface area contributed by atoms with Crippen LogP contribution in [0.15, 0.2) is 48.5 Å². The molecule has 0 spiro atoms. The quantitative estimate of drug-likeness (QED) is 0.912. The zero-order chi connectivity index (χ0) is 16.4. The zero-order valence-corrected chi connectivity index (χ0v) is 12.6. The van der Waals surface area contributed by atoms with E-state index in [1.807, 2.05) is 24.3 Å². The van der Waals surface area contributed by atoms with Crippen molar-refractivity contribution in [2.75, 3.05) is 0 Å². The number of carbonyl (C=O) groups is 1. The number of hydrogen-bond donors (Lipinski definition) is 2. The lowest BCUT2D eigenvalue weighted by Gasteiger charge is -2.29. The van der Waals surface area contributed by atoms with Crippen LogP contribution in [0, 0.1) is 11.3 Å². The van der Waals surface area contributed by atoms with E-state index in [9.17, 15) is 15.2 Å². The van der Waals surface area contributed by atoms with Crippen LogP contribution in [0.4, 0.5) is 0 Å². The highest BCUT2D eigenvalue weighted by atomic mass is 16.5. The first-order valence-electron chi connectivity index (χ1n) is 7.29. The summed E-state index contributed by atoms with van der Waals surface area (Å²) in [5.41, 5.74) is 0.242. The van der Waals surface area contributed by atoms with Gasteiger partial charge in [-0.2, -0.15) is 5.26 Å². The summed E-state index contributed by atoms with van der Waals surface area (Å²) >= 11 is 0. The van der Waals surface area contributed by atoms with Gasteiger partial charge in [0.2, 0.25) is 0 Å². The van der Waals surface area contributed by atoms with Gasteiger partial charge in [0.05, 0.1) is 6.07 Å². The van der Waals surface area contributed by atoms with Gasteiger partial charge in [0.25, 0.3) is 5.91 Å². The number of nitrogens with zero attached hydrogens (tertiary/aromatic N) is 1. The van der Waals surface area contributed by atoms with E-state index in [1.165, 1.54) is 24.3 Å². The first-order chi connectivity index (χ1) is 11.0. The van der Waals surface area contributed by atoms with Crippen molar-refractivity contribution in [1.29, 1.82) is 5.26 Å². The molecular weight excluding hydrogens is 292 g/mol. The number of ether oxygens (including phenoxy) is 1. The number of amides is 1. The van der Waals surface area contributed by atoms with Gasteiger partial charge in [0.15, 0.2) is 5.54 Å². The SMILES string of the molecule is CC(C#N)(NC(=O)c1ccc(O)cc1)C1Cc2ccccc2O1. The number of para-hydroxylation sites is 1. The Kier molecular flexibility index (Phi) is 3.67. The van der Waals surface area contributed by atoms with Crippen molar-refractivity contribution >= 4 is 5.91 Å². The molecule has 0 saturated heterocycles. The number of benzene rings is 2. The number of phenolic OH excluding ortho intramolecular Hbond substituents is 1. The lowest BCUT2D eigenvalue weighted by Crippen LogP contribution is -2.55. The molecule has 116 valence electrons. The molecule has 2 N–H and O–H groups in total. The third kappa shape index (κ3) is 2.84. The molecule has 0 radical (unpaired) electrons. The molecule has 1 amide bonds. The van der Waals surface area contributed by atoms with Crippen LogP contribution >= 0.6 is 0 Å². The van der Waals surface area contributed by atoms with Gasteiger partial charge in [-0.15, -0.1) is 0 Å². The van der Waals surface area contributed by atoms with E-state index in [1.54, 1.807) is 6.92 Å². The van der Waals surface area contributed by atoms with Gasteiger partial charge < -0.3 is 15.2 Å². The Bertz CT molecular complexity index is 755. The molecule has 1 aliphatic heterocycles. The molecule has 1 heterocycles. The molecule has 2 aromatic rings. The fraction of sp³-hybridized carbons (Fsp3) is 0.222. The summed E-state index contributed by atoms with van der Waals surface area (Å²) in [5, 5.41) is 21.6. The molecular formula is C18H16N2O3.